The summed E-state index contributed by atoms with van der Waals surface area (Å²) in [4.78, 5) is 27.5. The second-order valence-electron chi connectivity index (χ2n) is 7.93. The van der Waals surface area contributed by atoms with Gasteiger partial charge in [-0.15, -0.1) is 0 Å². The Morgan fingerprint density at radius 1 is 1.06 bits per heavy atom. The number of aryl methyl sites for hydroxylation is 1. The number of Topliss-reactive ketones (excluding diaryl/α,β-unsaturated/α-hetero) is 1. The monoisotopic (exact) mass is 497 g/mol. The minimum atomic E-state index is -1.22. The highest BCUT2D eigenvalue weighted by molar-refractivity contribution is 6.52. The molecule has 3 aromatic rings. The van der Waals surface area contributed by atoms with E-state index in [0.717, 1.165) is 11.0 Å². The second kappa shape index (κ2) is 9.31. The van der Waals surface area contributed by atoms with Crippen molar-refractivity contribution in [1.29, 1.82) is 0 Å². The van der Waals surface area contributed by atoms with Gasteiger partial charge in [-0.3, -0.25) is 14.5 Å². The van der Waals surface area contributed by atoms with Crippen molar-refractivity contribution in [2.75, 3.05) is 11.5 Å². The van der Waals surface area contributed by atoms with Crippen LogP contribution in [-0.4, -0.2) is 33.6 Å². The Morgan fingerprint density at radius 2 is 1.77 bits per heavy atom. The van der Waals surface area contributed by atoms with Crippen molar-refractivity contribution in [3.63, 3.8) is 0 Å². The van der Waals surface area contributed by atoms with Gasteiger partial charge in [-0.2, -0.15) is 0 Å². The first kappa shape index (κ1) is 24.1. The fourth-order valence-electron chi connectivity index (χ4n) is 4.01. The van der Waals surface area contributed by atoms with Crippen molar-refractivity contribution in [2.24, 2.45) is 0 Å². The van der Waals surface area contributed by atoms with Crippen LogP contribution in [0.15, 0.2) is 60.2 Å². The molecule has 1 atom stereocenters. The van der Waals surface area contributed by atoms with Crippen LogP contribution < -0.4 is 9.64 Å². The molecule has 1 saturated heterocycles. The molecule has 1 unspecified atom stereocenters. The molecule has 180 valence electrons. The Hall–Kier alpha value is -4.04. The topological polar surface area (TPSA) is 107 Å². The first-order chi connectivity index (χ1) is 16.6. The van der Waals surface area contributed by atoms with E-state index in [9.17, 15) is 29.3 Å². The predicted octanol–water partition coefficient (Wildman–Crippen LogP) is 5.22. The van der Waals surface area contributed by atoms with E-state index in [0.29, 0.717) is 5.56 Å². The number of carbonyl (C=O) groups excluding carboxylic acids is 2. The number of aliphatic hydroxyl groups excluding tert-OH is 1. The van der Waals surface area contributed by atoms with Gasteiger partial charge in [0.1, 0.15) is 17.3 Å². The fourth-order valence-corrected chi connectivity index (χ4v) is 4.17. The maximum atomic E-state index is 13.8. The lowest BCUT2D eigenvalue weighted by Gasteiger charge is -2.26. The summed E-state index contributed by atoms with van der Waals surface area (Å²) in [6.07, 6.45) is 0. The highest BCUT2D eigenvalue weighted by Gasteiger charge is 2.48. The van der Waals surface area contributed by atoms with E-state index in [1.165, 1.54) is 55.5 Å². The molecule has 1 fully saturated rings. The summed E-state index contributed by atoms with van der Waals surface area (Å²) in [5.41, 5.74) is 0.338. The number of hydrogen-bond donors (Lipinski definition) is 3. The summed E-state index contributed by atoms with van der Waals surface area (Å²) in [5, 5.41) is 32.0. The molecule has 0 saturated carbocycles. The standard InChI is InChI=1S/C26H21ClFNO6/c1-3-35-21-11-14(5-8-20(21)31)23-22(24(32)15-4-7-17(28)13(2)10-15)25(33)26(34)29(23)18-12-16(27)6-9-19(18)30/h4-12,23,30-32H,3H2,1-2H3/b24-22+. The molecule has 9 heteroatoms. The molecule has 1 aliphatic heterocycles. The second-order valence-corrected chi connectivity index (χ2v) is 8.36. The maximum absolute atomic E-state index is 13.8. The molecule has 35 heavy (non-hydrogen) atoms. The van der Waals surface area contributed by atoms with Crippen LogP contribution in [0.2, 0.25) is 5.02 Å². The molecule has 3 N–H and O–H groups in total. The normalized spacial score (nSPS) is 17.1. The third kappa shape index (κ3) is 4.28. The van der Waals surface area contributed by atoms with E-state index in [1.54, 1.807) is 6.92 Å². The van der Waals surface area contributed by atoms with E-state index in [1.807, 2.05) is 0 Å². The molecule has 1 aliphatic rings. The van der Waals surface area contributed by atoms with Crippen LogP contribution in [-0.2, 0) is 9.59 Å². The van der Waals surface area contributed by atoms with Crippen molar-refractivity contribution in [3.05, 3.63) is 87.7 Å². The van der Waals surface area contributed by atoms with Gasteiger partial charge >= 0.3 is 0 Å². The molecule has 7 nitrogen and oxygen atoms in total. The number of halogens is 2. The van der Waals surface area contributed by atoms with Crippen LogP contribution in [0.5, 0.6) is 17.2 Å². The van der Waals surface area contributed by atoms with Gasteiger partial charge in [0.15, 0.2) is 11.5 Å². The third-order valence-electron chi connectivity index (χ3n) is 5.67. The number of nitrogens with zero attached hydrogens (tertiary/aromatic N) is 1. The summed E-state index contributed by atoms with van der Waals surface area (Å²) in [6, 6.07) is 10.8. The first-order valence-electron chi connectivity index (χ1n) is 10.7. The van der Waals surface area contributed by atoms with E-state index < -0.39 is 29.3 Å². The van der Waals surface area contributed by atoms with Gasteiger partial charge in [-0.05, 0) is 73.5 Å². The van der Waals surface area contributed by atoms with Crippen LogP contribution in [0, 0.1) is 12.7 Å². The van der Waals surface area contributed by atoms with Gasteiger partial charge < -0.3 is 20.1 Å². The van der Waals surface area contributed by atoms with Gasteiger partial charge in [0.2, 0.25) is 0 Å². The third-order valence-corrected chi connectivity index (χ3v) is 5.91. The van der Waals surface area contributed by atoms with E-state index in [-0.39, 0.29) is 51.3 Å². The Bertz CT molecular complexity index is 1390. The summed E-state index contributed by atoms with van der Waals surface area (Å²) in [5.74, 6) is -3.42. The summed E-state index contributed by atoms with van der Waals surface area (Å²) >= 11 is 6.10. The Balaban J connectivity index is 2.00. The predicted molar refractivity (Wildman–Crippen MR) is 128 cm³/mol. The average Bonchev–Trinajstić information content (AvgIpc) is 3.09. The van der Waals surface area contributed by atoms with Gasteiger partial charge in [-0.1, -0.05) is 17.7 Å². The van der Waals surface area contributed by atoms with Crippen molar-refractivity contribution in [2.45, 2.75) is 19.9 Å². The number of carbonyl (C=O) groups is 2. The smallest absolute Gasteiger partial charge is 0.300 e. The number of rotatable bonds is 5. The zero-order valence-corrected chi connectivity index (χ0v) is 19.5. The van der Waals surface area contributed by atoms with Crippen LogP contribution in [0.3, 0.4) is 0 Å². The van der Waals surface area contributed by atoms with E-state index in [4.69, 9.17) is 16.3 Å². The molecule has 3 aromatic carbocycles. The van der Waals surface area contributed by atoms with Crippen molar-refractivity contribution >= 4 is 34.7 Å². The molecule has 0 spiro atoms. The lowest BCUT2D eigenvalue weighted by atomic mass is 9.94. The highest BCUT2D eigenvalue weighted by Crippen LogP contribution is 2.46. The molecule has 1 heterocycles. The van der Waals surface area contributed by atoms with Crippen LogP contribution >= 0.6 is 11.6 Å². The van der Waals surface area contributed by atoms with Crippen LogP contribution in [0.4, 0.5) is 10.1 Å². The first-order valence-corrected chi connectivity index (χ1v) is 11.0. The minimum Gasteiger partial charge on any atom is -0.507 e. The number of hydrogen-bond acceptors (Lipinski definition) is 6. The molecular weight excluding hydrogens is 477 g/mol. The molecule has 0 bridgehead atoms. The number of aromatic hydroxyl groups is 2. The summed E-state index contributed by atoms with van der Waals surface area (Å²) in [6.45, 7) is 3.46. The Labute approximate surface area is 205 Å². The molecule has 0 aliphatic carbocycles. The fraction of sp³-hybridized carbons (Fsp3) is 0.154. The van der Waals surface area contributed by atoms with Crippen molar-refractivity contribution < 1.29 is 34.0 Å². The lowest BCUT2D eigenvalue weighted by molar-refractivity contribution is -0.132. The van der Waals surface area contributed by atoms with E-state index in [2.05, 4.69) is 0 Å². The summed E-state index contributed by atoms with van der Waals surface area (Å²) < 4.78 is 19.3. The van der Waals surface area contributed by atoms with E-state index >= 15 is 0 Å². The van der Waals surface area contributed by atoms with Gasteiger partial charge in [-0.25, -0.2) is 4.39 Å². The van der Waals surface area contributed by atoms with Crippen molar-refractivity contribution in [1.82, 2.24) is 0 Å². The number of phenolic OH excluding ortho intramolecular Hbond substituents is 2. The molecule has 0 radical (unpaired) electrons. The quantitative estimate of drug-likeness (QED) is 0.253. The lowest BCUT2D eigenvalue weighted by Crippen LogP contribution is -2.29. The van der Waals surface area contributed by atoms with Gasteiger partial charge in [0.05, 0.1) is 23.9 Å². The Kier molecular flexibility index (Phi) is 6.41. The van der Waals surface area contributed by atoms with Gasteiger partial charge in [0.25, 0.3) is 11.7 Å². The number of aliphatic hydroxyl groups is 1. The zero-order chi connectivity index (χ0) is 25.4. The SMILES string of the molecule is CCOc1cc(C2/C(=C(\O)c3ccc(F)c(C)c3)C(=O)C(=O)N2c2cc(Cl)ccc2O)ccc1O. The maximum Gasteiger partial charge on any atom is 0.300 e. The van der Waals surface area contributed by atoms with Crippen molar-refractivity contribution in [3.8, 4) is 17.2 Å². The average molecular weight is 498 g/mol. The molecule has 4 rings (SSSR count). The van der Waals surface area contributed by atoms with Crippen LogP contribution in [0.25, 0.3) is 5.76 Å². The minimum absolute atomic E-state index is 0.0510. The zero-order valence-electron chi connectivity index (χ0n) is 18.8. The van der Waals surface area contributed by atoms with Gasteiger partial charge in [0, 0.05) is 10.6 Å². The number of anilines is 1. The number of amides is 1. The Morgan fingerprint density at radius 3 is 2.46 bits per heavy atom. The van der Waals surface area contributed by atoms with Crippen LogP contribution in [0.1, 0.15) is 29.7 Å². The number of phenols is 2. The molecule has 1 amide bonds. The number of benzene rings is 3. The summed E-state index contributed by atoms with van der Waals surface area (Å²) in [7, 11) is 0. The number of ether oxygens (including phenoxy) is 1. The largest absolute Gasteiger partial charge is 0.507 e. The number of ketones is 1. The molecular formula is C26H21ClFNO6. The molecule has 0 aromatic heterocycles. The highest BCUT2D eigenvalue weighted by atomic mass is 35.5.